The van der Waals surface area contributed by atoms with Crippen LogP contribution in [0.15, 0.2) is 71.0 Å². The molecule has 2 heteroatoms. The molecule has 0 aliphatic heterocycles. The van der Waals surface area contributed by atoms with Crippen LogP contribution in [0, 0.1) is 46.8 Å². The molecule has 6 unspecified atom stereocenters. The molecule has 6 aliphatic rings. The number of hydrogen-bond donors (Lipinski definition) is 1. The average molecular weight is 509 g/mol. The first-order valence-electron chi connectivity index (χ1n) is 16.1. The van der Waals surface area contributed by atoms with Gasteiger partial charge in [0.2, 0.25) is 0 Å². The van der Waals surface area contributed by atoms with Gasteiger partial charge in [-0.1, -0.05) is 91.9 Å². The summed E-state index contributed by atoms with van der Waals surface area (Å²) in [5, 5.41) is 13.4. The number of rotatable bonds is 6. The van der Waals surface area contributed by atoms with Crippen LogP contribution < -0.4 is 5.32 Å². The van der Waals surface area contributed by atoms with Crippen molar-refractivity contribution in [2.75, 3.05) is 0 Å². The molecule has 0 bridgehead atoms. The van der Waals surface area contributed by atoms with Gasteiger partial charge >= 0.3 is 0 Å². The Bertz CT molecular complexity index is 1070. The Morgan fingerprint density at radius 2 is 1.68 bits per heavy atom. The van der Waals surface area contributed by atoms with Crippen molar-refractivity contribution in [3.05, 3.63) is 71.0 Å². The van der Waals surface area contributed by atoms with E-state index in [9.17, 15) is 5.26 Å². The molecule has 0 aromatic rings. The van der Waals surface area contributed by atoms with Gasteiger partial charge in [-0.15, -0.1) is 0 Å². The summed E-state index contributed by atoms with van der Waals surface area (Å²) < 4.78 is 0. The van der Waals surface area contributed by atoms with E-state index in [4.69, 9.17) is 0 Å². The molecule has 6 atom stereocenters. The van der Waals surface area contributed by atoms with Crippen LogP contribution in [0.1, 0.15) is 103 Å². The summed E-state index contributed by atoms with van der Waals surface area (Å²) in [5.41, 5.74) is 6.37. The maximum atomic E-state index is 9.48. The standard InChI is InChI=1S/C36H48N2/c37-25-26-9-7-16-34(21-26)38-36-24-33(23-35(36)30-12-5-2-6-13-30)29-19-17-28(18-20-29)32-15-8-14-31(22-32)27-10-3-1-4-11-27/h7,12,15-17,19-20,24,26-28,31,33-35,38H,1-6,8-11,13-14,18,21-23H2. The quantitative estimate of drug-likeness (QED) is 0.363. The van der Waals surface area contributed by atoms with Gasteiger partial charge in [-0.2, -0.15) is 5.26 Å². The van der Waals surface area contributed by atoms with Gasteiger partial charge in [0.1, 0.15) is 0 Å². The fourth-order valence-electron chi connectivity index (χ4n) is 8.48. The first-order chi connectivity index (χ1) is 18.8. The molecular formula is C36H48N2. The van der Waals surface area contributed by atoms with Gasteiger partial charge in [-0.25, -0.2) is 0 Å². The van der Waals surface area contributed by atoms with Gasteiger partial charge in [-0.05, 0) is 88.0 Å². The summed E-state index contributed by atoms with van der Waals surface area (Å²) in [5.74, 6) is 3.75. The van der Waals surface area contributed by atoms with Crippen molar-refractivity contribution in [2.45, 2.75) is 109 Å². The number of allylic oxidation sites excluding steroid dienone is 10. The maximum absolute atomic E-state index is 9.48. The Morgan fingerprint density at radius 1 is 0.789 bits per heavy atom. The molecule has 38 heavy (non-hydrogen) atoms. The zero-order valence-electron chi connectivity index (χ0n) is 23.4. The third kappa shape index (κ3) is 5.98. The largest absolute Gasteiger partial charge is 0.382 e. The van der Waals surface area contributed by atoms with Crippen molar-refractivity contribution >= 4 is 0 Å². The average Bonchev–Trinajstić information content (AvgIpc) is 3.42. The molecule has 0 heterocycles. The van der Waals surface area contributed by atoms with E-state index in [0.29, 0.717) is 23.8 Å². The van der Waals surface area contributed by atoms with Gasteiger partial charge in [0.05, 0.1) is 12.0 Å². The van der Waals surface area contributed by atoms with Gasteiger partial charge in [0.15, 0.2) is 0 Å². The predicted molar refractivity (Wildman–Crippen MR) is 158 cm³/mol. The molecule has 0 amide bonds. The monoisotopic (exact) mass is 508 g/mol. The molecule has 1 fully saturated rings. The molecule has 2 nitrogen and oxygen atoms in total. The van der Waals surface area contributed by atoms with Crippen molar-refractivity contribution in [1.82, 2.24) is 5.32 Å². The first kappa shape index (κ1) is 26.0. The fraction of sp³-hybridized carbons (Fsp3) is 0.639. The van der Waals surface area contributed by atoms with E-state index in [1.807, 2.05) is 0 Å². The van der Waals surface area contributed by atoms with Crippen molar-refractivity contribution in [1.29, 1.82) is 5.26 Å². The smallest absolute Gasteiger partial charge is 0.0659 e. The van der Waals surface area contributed by atoms with Crippen LogP contribution >= 0.6 is 0 Å². The molecule has 0 saturated heterocycles. The van der Waals surface area contributed by atoms with E-state index in [0.717, 1.165) is 24.7 Å². The molecule has 0 radical (unpaired) electrons. The minimum Gasteiger partial charge on any atom is -0.382 e. The summed E-state index contributed by atoms with van der Waals surface area (Å²) in [4.78, 5) is 0. The van der Waals surface area contributed by atoms with Crippen LogP contribution in [0.25, 0.3) is 0 Å². The van der Waals surface area contributed by atoms with E-state index >= 15 is 0 Å². The van der Waals surface area contributed by atoms with Crippen molar-refractivity contribution in [2.24, 2.45) is 35.5 Å². The fourth-order valence-corrected chi connectivity index (χ4v) is 8.48. The number of hydrogen-bond acceptors (Lipinski definition) is 2. The Labute approximate surface area is 231 Å². The highest BCUT2D eigenvalue weighted by Crippen LogP contribution is 2.45. The molecule has 0 spiro atoms. The zero-order valence-corrected chi connectivity index (χ0v) is 23.4. The van der Waals surface area contributed by atoms with Crippen LogP contribution in [-0.2, 0) is 0 Å². The van der Waals surface area contributed by atoms with Gasteiger partial charge in [-0.3, -0.25) is 0 Å². The maximum Gasteiger partial charge on any atom is 0.0659 e. The van der Waals surface area contributed by atoms with Crippen LogP contribution in [-0.4, -0.2) is 6.04 Å². The number of nitrogens with zero attached hydrogens (tertiary/aromatic N) is 1. The molecule has 1 saturated carbocycles. The van der Waals surface area contributed by atoms with Crippen molar-refractivity contribution in [3.8, 4) is 6.07 Å². The summed E-state index contributed by atoms with van der Waals surface area (Å²) in [6, 6.07) is 2.79. The lowest BCUT2D eigenvalue weighted by atomic mass is 9.70. The highest BCUT2D eigenvalue weighted by atomic mass is 14.9. The van der Waals surface area contributed by atoms with E-state index in [1.165, 1.54) is 101 Å². The van der Waals surface area contributed by atoms with Crippen LogP contribution in [0.4, 0.5) is 0 Å². The number of nitriles is 1. The van der Waals surface area contributed by atoms with E-state index in [2.05, 4.69) is 60.0 Å². The van der Waals surface area contributed by atoms with Crippen LogP contribution in [0.3, 0.4) is 0 Å². The third-order valence-corrected chi connectivity index (χ3v) is 10.7. The predicted octanol–water partition coefficient (Wildman–Crippen LogP) is 9.26. The van der Waals surface area contributed by atoms with Gasteiger partial charge in [0.25, 0.3) is 0 Å². The minimum absolute atomic E-state index is 0.148. The van der Waals surface area contributed by atoms with E-state index in [1.54, 1.807) is 11.1 Å². The molecule has 0 aromatic carbocycles. The Morgan fingerprint density at radius 3 is 2.47 bits per heavy atom. The molecule has 0 aromatic heterocycles. The lowest BCUT2D eigenvalue weighted by Gasteiger charge is -2.35. The van der Waals surface area contributed by atoms with Crippen molar-refractivity contribution in [3.63, 3.8) is 0 Å². The van der Waals surface area contributed by atoms with Gasteiger partial charge < -0.3 is 5.32 Å². The van der Waals surface area contributed by atoms with Crippen LogP contribution in [0.2, 0.25) is 0 Å². The summed E-state index contributed by atoms with van der Waals surface area (Å²) >= 11 is 0. The second-order valence-electron chi connectivity index (χ2n) is 13.1. The molecular weight excluding hydrogens is 460 g/mol. The number of nitrogens with one attached hydrogen (secondary N) is 1. The second-order valence-corrected chi connectivity index (χ2v) is 13.1. The van der Waals surface area contributed by atoms with Gasteiger partial charge in [0, 0.05) is 29.5 Å². The Kier molecular flexibility index (Phi) is 8.39. The molecule has 6 aliphatic carbocycles. The van der Waals surface area contributed by atoms with Crippen molar-refractivity contribution < 1.29 is 0 Å². The summed E-state index contributed by atoms with van der Waals surface area (Å²) in [6.45, 7) is 0. The molecule has 1 N–H and O–H groups in total. The zero-order chi connectivity index (χ0) is 25.7. The summed E-state index contributed by atoms with van der Waals surface area (Å²) in [6.07, 6.45) is 40.7. The SMILES string of the molecule is N#CC1CC=CC(NC2=CC(C3=CCC(C4=CCCC(C5CCCCC5)C4)C=C3)CC2C2=CCCCC2)C1. The highest BCUT2D eigenvalue weighted by molar-refractivity contribution is 5.39. The normalized spacial score (nSPS) is 36.1. The minimum atomic E-state index is 0.148. The topological polar surface area (TPSA) is 35.8 Å². The highest BCUT2D eigenvalue weighted by Gasteiger charge is 2.34. The lowest BCUT2D eigenvalue weighted by Crippen LogP contribution is -2.32. The molecule has 6 rings (SSSR count). The molecule has 202 valence electrons. The Balaban J connectivity index is 1.12. The Hall–Kier alpha value is -2.27. The van der Waals surface area contributed by atoms with E-state index in [-0.39, 0.29) is 5.92 Å². The van der Waals surface area contributed by atoms with E-state index < -0.39 is 0 Å². The van der Waals surface area contributed by atoms with Crippen LogP contribution in [0.5, 0.6) is 0 Å². The first-order valence-corrected chi connectivity index (χ1v) is 16.1. The second kappa shape index (κ2) is 12.3. The lowest BCUT2D eigenvalue weighted by molar-refractivity contribution is 0.226. The summed E-state index contributed by atoms with van der Waals surface area (Å²) in [7, 11) is 0. The third-order valence-electron chi connectivity index (χ3n) is 10.7.